The molecule has 0 aliphatic rings. The van der Waals surface area contributed by atoms with Gasteiger partial charge in [0.25, 0.3) is 0 Å². The molecule has 0 atom stereocenters. The van der Waals surface area contributed by atoms with Crippen LogP contribution in [0, 0.1) is 18.3 Å². The van der Waals surface area contributed by atoms with Crippen LogP contribution in [0.3, 0.4) is 0 Å². The highest BCUT2D eigenvalue weighted by Crippen LogP contribution is 2.06. The van der Waals surface area contributed by atoms with Gasteiger partial charge >= 0.3 is 0 Å². The van der Waals surface area contributed by atoms with Crippen LogP contribution in [0.1, 0.15) is 24.5 Å². The summed E-state index contributed by atoms with van der Waals surface area (Å²) in [6.07, 6.45) is 0.813. The lowest BCUT2D eigenvalue weighted by Crippen LogP contribution is -2.32. The molecule has 1 aromatic carbocycles. The average molecular weight is 230 g/mol. The first-order valence-electron chi connectivity index (χ1n) is 5.87. The largest absolute Gasteiger partial charge is 0.342 e. The van der Waals surface area contributed by atoms with Gasteiger partial charge in [-0.05, 0) is 19.4 Å². The molecule has 3 nitrogen and oxygen atoms in total. The Kier molecular flexibility index (Phi) is 5.22. The summed E-state index contributed by atoms with van der Waals surface area (Å²) in [6.45, 7) is 5.14. The lowest BCUT2D eigenvalue weighted by atomic mass is 10.1. The summed E-state index contributed by atoms with van der Waals surface area (Å²) in [6, 6.07) is 10.0. The van der Waals surface area contributed by atoms with Gasteiger partial charge in [-0.2, -0.15) is 5.26 Å². The standard InChI is InChI=1S/C14H18N2O/c1-3-16(10-4-9-15)14(17)11-13-7-5-12(2)6-8-13/h5-8H,3-4,10-11H2,1-2H3. The molecule has 0 spiro atoms. The van der Waals surface area contributed by atoms with Crippen LogP contribution in [0.15, 0.2) is 24.3 Å². The van der Waals surface area contributed by atoms with E-state index >= 15 is 0 Å². The molecule has 0 heterocycles. The Morgan fingerprint density at radius 2 is 2.00 bits per heavy atom. The fourth-order valence-electron chi connectivity index (χ4n) is 1.64. The van der Waals surface area contributed by atoms with Crippen LogP contribution < -0.4 is 0 Å². The van der Waals surface area contributed by atoms with E-state index in [-0.39, 0.29) is 5.91 Å². The van der Waals surface area contributed by atoms with Crippen molar-refractivity contribution < 1.29 is 4.79 Å². The smallest absolute Gasteiger partial charge is 0.227 e. The summed E-state index contributed by atoms with van der Waals surface area (Å²) >= 11 is 0. The van der Waals surface area contributed by atoms with Crippen LogP contribution >= 0.6 is 0 Å². The van der Waals surface area contributed by atoms with Crippen molar-refractivity contribution in [2.24, 2.45) is 0 Å². The molecule has 0 saturated heterocycles. The Morgan fingerprint density at radius 3 is 2.53 bits per heavy atom. The number of likely N-dealkylation sites (N-methyl/N-ethyl adjacent to an activating group) is 1. The first kappa shape index (κ1) is 13.2. The Labute approximate surface area is 103 Å². The average Bonchev–Trinajstić information content (AvgIpc) is 2.33. The van der Waals surface area contributed by atoms with E-state index in [1.54, 1.807) is 4.90 Å². The van der Waals surface area contributed by atoms with Crippen molar-refractivity contribution in [3.63, 3.8) is 0 Å². The maximum Gasteiger partial charge on any atom is 0.227 e. The van der Waals surface area contributed by atoms with Gasteiger partial charge in [-0.15, -0.1) is 0 Å². The van der Waals surface area contributed by atoms with Crippen molar-refractivity contribution >= 4 is 5.91 Å². The second-order valence-corrected chi connectivity index (χ2v) is 4.04. The molecule has 17 heavy (non-hydrogen) atoms. The number of hydrogen-bond acceptors (Lipinski definition) is 2. The van der Waals surface area contributed by atoms with Gasteiger partial charge in [0.2, 0.25) is 5.91 Å². The summed E-state index contributed by atoms with van der Waals surface area (Å²) in [5.41, 5.74) is 2.22. The molecular formula is C14H18N2O. The molecule has 0 saturated carbocycles. The minimum absolute atomic E-state index is 0.0894. The number of hydrogen-bond donors (Lipinski definition) is 0. The molecule has 1 aromatic rings. The zero-order chi connectivity index (χ0) is 12.7. The van der Waals surface area contributed by atoms with Crippen LogP contribution in [0.5, 0.6) is 0 Å². The molecule has 0 N–H and O–H groups in total. The predicted octanol–water partition coefficient (Wildman–Crippen LogP) is 2.30. The lowest BCUT2D eigenvalue weighted by molar-refractivity contribution is -0.130. The Hall–Kier alpha value is -1.82. The zero-order valence-corrected chi connectivity index (χ0v) is 10.4. The van der Waals surface area contributed by atoms with E-state index in [1.165, 1.54) is 5.56 Å². The maximum absolute atomic E-state index is 12.0. The Morgan fingerprint density at radius 1 is 1.35 bits per heavy atom. The molecule has 90 valence electrons. The van der Waals surface area contributed by atoms with E-state index in [0.717, 1.165) is 5.56 Å². The first-order valence-corrected chi connectivity index (χ1v) is 5.87. The van der Waals surface area contributed by atoms with Crippen LogP contribution in [0.2, 0.25) is 0 Å². The molecule has 0 bridgehead atoms. The quantitative estimate of drug-likeness (QED) is 0.779. The number of rotatable bonds is 5. The summed E-state index contributed by atoms with van der Waals surface area (Å²) in [4.78, 5) is 13.7. The van der Waals surface area contributed by atoms with Crippen LogP contribution in [0.4, 0.5) is 0 Å². The molecule has 0 aliphatic carbocycles. The number of benzene rings is 1. The topological polar surface area (TPSA) is 44.1 Å². The third-order valence-corrected chi connectivity index (χ3v) is 2.70. The van der Waals surface area contributed by atoms with E-state index in [9.17, 15) is 4.79 Å². The molecule has 1 amide bonds. The highest BCUT2D eigenvalue weighted by atomic mass is 16.2. The number of carbonyl (C=O) groups excluding carboxylic acids is 1. The fourth-order valence-corrected chi connectivity index (χ4v) is 1.64. The van der Waals surface area contributed by atoms with E-state index < -0.39 is 0 Å². The van der Waals surface area contributed by atoms with E-state index in [0.29, 0.717) is 25.9 Å². The van der Waals surface area contributed by atoms with E-state index in [1.807, 2.05) is 38.1 Å². The zero-order valence-electron chi connectivity index (χ0n) is 10.4. The van der Waals surface area contributed by atoms with Gasteiger partial charge in [-0.1, -0.05) is 29.8 Å². The van der Waals surface area contributed by atoms with Crippen LogP contribution in [-0.2, 0) is 11.2 Å². The van der Waals surface area contributed by atoms with E-state index in [4.69, 9.17) is 5.26 Å². The monoisotopic (exact) mass is 230 g/mol. The van der Waals surface area contributed by atoms with Crippen LogP contribution in [-0.4, -0.2) is 23.9 Å². The predicted molar refractivity (Wildman–Crippen MR) is 67.4 cm³/mol. The molecule has 0 aromatic heterocycles. The van der Waals surface area contributed by atoms with Gasteiger partial charge in [0.1, 0.15) is 0 Å². The fraction of sp³-hybridized carbons (Fsp3) is 0.429. The summed E-state index contributed by atoms with van der Waals surface area (Å²) in [5.74, 6) is 0.0894. The van der Waals surface area contributed by atoms with Crippen LogP contribution in [0.25, 0.3) is 0 Å². The van der Waals surface area contributed by atoms with Crippen molar-refractivity contribution in [2.75, 3.05) is 13.1 Å². The first-order chi connectivity index (χ1) is 8.17. The number of amides is 1. The third kappa shape index (κ3) is 4.28. The summed E-state index contributed by atoms with van der Waals surface area (Å²) < 4.78 is 0. The van der Waals surface area contributed by atoms with Crippen molar-refractivity contribution in [1.29, 1.82) is 5.26 Å². The maximum atomic E-state index is 12.0. The number of carbonyl (C=O) groups is 1. The molecule has 0 unspecified atom stereocenters. The molecule has 0 radical (unpaired) electrons. The van der Waals surface area contributed by atoms with Crippen molar-refractivity contribution in [3.8, 4) is 6.07 Å². The molecule has 1 rings (SSSR count). The highest BCUT2D eigenvalue weighted by molar-refractivity contribution is 5.78. The highest BCUT2D eigenvalue weighted by Gasteiger charge is 2.11. The van der Waals surface area contributed by atoms with Gasteiger partial charge < -0.3 is 4.90 Å². The molecule has 3 heteroatoms. The van der Waals surface area contributed by atoms with Gasteiger partial charge in [0.05, 0.1) is 18.9 Å². The van der Waals surface area contributed by atoms with Crippen molar-refractivity contribution in [1.82, 2.24) is 4.90 Å². The van der Waals surface area contributed by atoms with Gasteiger partial charge in [-0.25, -0.2) is 0 Å². The van der Waals surface area contributed by atoms with Gasteiger partial charge in [0.15, 0.2) is 0 Å². The van der Waals surface area contributed by atoms with Crippen molar-refractivity contribution in [3.05, 3.63) is 35.4 Å². The normalized spacial score (nSPS) is 9.71. The number of nitriles is 1. The number of nitrogens with zero attached hydrogens (tertiary/aromatic N) is 2. The second kappa shape index (κ2) is 6.70. The summed E-state index contributed by atoms with van der Waals surface area (Å²) in [7, 11) is 0. The minimum Gasteiger partial charge on any atom is -0.342 e. The minimum atomic E-state index is 0.0894. The van der Waals surface area contributed by atoms with Gasteiger partial charge in [-0.3, -0.25) is 4.79 Å². The second-order valence-electron chi connectivity index (χ2n) is 4.04. The molecular weight excluding hydrogens is 212 g/mol. The SMILES string of the molecule is CCN(CCC#N)C(=O)Cc1ccc(C)cc1. The lowest BCUT2D eigenvalue weighted by Gasteiger charge is -2.19. The molecule has 0 fully saturated rings. The number of aryl methyl sites for hydroxylation is 1. The Bertz CT molecular complexity index is 403. The van der Waals surface area contributed by atoms with Gasteiger partial charge in [0, 0.05) is 13.1 Å². The summed E-state index contributed by atoms with van der Waals surface area (Å²) in [5, 5.41) is 8.52. The third-order valence-electron chi connectivity index (χ3n) is 2.70. The molecule has 0 aliphatic heterocycles. The van der Waals surface area contributed by atoms with Crippen molar-refractivity contribution in [2.45, 2.75) is 26.7 Å². The van der Waals surface area contributed by atoms with E-state index in [2.05, 4.69) is 6.07 Å². The Balaban J connectivity index is 2.58.